The van der Waals surface area contributed by atoms with Crippen LogP contribution in [0.3, 0.4) is 0 Å². The Morgan fingerprint density at radius 3 is 2.59 bits per heavy atom. The molecule has 1 aliphatic heterocycles. The first kappa shape index (κ1) is 22.2. The van der Waals surface area contributed by atoms with Gasteiger partial charge in [0.2, 0.25) is 10.0 Å². The molecule has 0 spiro atoms. The van der Waals surface area contributed by atoms with Crippen molar-refractivity contribution in [1.29, 1.82) is 0 Å². The maximum absolute atomic E-state index is 13.8. The molecule has 7 nitrogen and oxygen atoms in total. The molecule has 1 saturated heterocycles. The van der Waals surface area contributed by atoms with Gasteiger partial charge in [-0.1, -0.05) is 0 Å². The van der Waals surface area contributed by atoms with Gasteiger partial charge < -0.3 is 14.8 Å². The Balaban J connectivity index is 1.46. The molecule has 4 rings (SSSR count). The van der Waals surface area contributed by atoms with Crippen LogP contribution in [0.4, 0.5) is 19.3 Å². The predicted octanol–water partition coefficient (Wildman–Crippen LogP) is 3.87. The minimum atomic E-state index is -3.73. The van der Waals surface area contributed by atoms with E-state index in [1.54, 1.807) is 18.2 Å². The van der Waals surface area contributed by atoms with E-state index in [9.17, 15) is 22.0 Å². The third-order valence-electron chi connectivity index (χ3n) is 5.64. The Hall–Kier alpha value is -2.98. The molecule has 0 atom stereocenters. The predicted molar refractivity (Wildman–Crippen MR) is 118 cm³/mol. The van der Waals surface area contributed by atoms with Gasteiger partial charge in [0, 0.05) is 55.9 Å². The van der Waals surface area contributed by atoms with Gasteiger partial charge in [-0.25, -0.2) is 22.0 Å². The maximum Gasteiger partial charge on any atom is 0.321 e. The van der Waals surface area contributed by atoms with Crippen LogP contribution in [0.25, 0.3) is 10.9 Å². The van der Waals surface area contributed by atoms with Crippen molar-refractivity contribution in [3.8, 4) is 0 Å². The number of hydrogen-bond donors (Lipinski definition) is 1. The first-order valence-corrected chi connectivity index (χ1v) is 11.8. The number of nitrogens with one attached hydrogen (secondary N) is 1. The summed E-state index contributed by atoms with van der Waals surface area (Å²) in [6.07, 6.45) is 2.36. The standard InChI is InChI=1S/C22H24F2N4O3S/c1-2-26-11-8-16-14-18(5-7-21(16)26)32(30,31)28-10-3-9-27(12-13-28)22(29)25-20-6-4-17(23)15-19(20)24/h4-8,11,14-15H,2-3,9-10,12-13H2,1H3,(H,25,29). The average Bonchev–Trinajstić information content (AvgIpc) is 3.00. The Bertz CT molecular complexity index is 1260. The van der Waals surface area contributed by atoms with Gasteiger partial charge in [-0.2, -0.15) is 4.31 Å². The number of aryl methyl sites for hydroxylation is 1. The molecule has 1 N–H and O–H groups in total. The van der Waals surface area contributed by atoms with Gasteiger partial charge in [0.1, 0.15) is 11.6 Å². The van der Waals surface area contributed by atoms with E-state index in [0.29, 0.717) is 19.0 Å². The van der Waals surface area contributed by atoms with Crippen LogP contribution in [0.15, 0.2) is 53.6 Å². The second kappa shape index (κ2) is 8.87. The molecule has 10 heteroatoms. The topological polar surface area (TPSA) is 74.7 Å². The van der Waals surface area contributed by atoms with Crippen molar-refractivity contribution in [3.05, 3.63) is 60.3 Å². The number of anilines is 1. The van der Waals surface area contributed by atoms with Crippen LogP contribution in [0.5, 0.6) is 0 Å². The van der Waals surface area contributed by atoms with Crippen molar-refractivity contribution in [3.63, 3.8) is 0 Å². The van der Waals surface area contributed by atoms with Gasteiger partial charge in [-0.15, -0.1) is 0 Å². The van der Waals surface area contributed by atoms with Gasteiger partial charge in [0.05, 0.1) is 10.6 Å². The summed E-state index contributed by atoms with van der Waals surface area (Å²) in [7, 11) is -3.73. The zero-order chi connectivity index (χ0) is 22.9. The van der Waals surface area contributed by atoms with E-state index in [1.165, 1.54) is 9.21 Å². The number of rotatable bonds is 4. The average molecular weight is 463 g/mol. The number of nitrogens with zero attached hydrogens (tertiary/aromatic N) is 3. The number of aromatic nitrogens is 1. The molecule has 0 saturated carbocycles. The molecule has 32 heavy (non-hydrogen) atoms. The third-order valence-corrected chi connectivity index (χ3v) is 7.53. The van der Waals surface area contributed by atoms with E-state index in [1.807, 2.05) is 23.8 Å². The van der Waals surface area contributed by atoms with Crippen LogP contribution < -0.4 is 5.32 Å². The second-order valence-electron chi connectivity index (χ2n) is 7.62. The Morgan fingerprint density at radius 2 is 1.84 bits per heavy atom. The summed E-state index contributed by atoms with van der Waals surface area (Å²) in [5.74, 6) is -1.61. The largest absolute Gasteiger partial charge is 0.348 e. The van der Waals surface area contributed by atoms with Crippen molar-refractivity contribution in [2.75, 3.05) is 31.5 Å². The zero-order valence-corrected chi connectivity index (χ0v) is 18.4. The number of sulfonamides is 1. The molecule has 2 amide bonds. The van der Waals surface area contributed by atoms with Crippen molar-refractivity contribution >= 4 is 32.6 Å². The normalized spacial score (nSPS) is 15.7. The van der Waals surface area contributed by atoms with E-state index >= 15 is 0 Å². The lowest BCUT2D eigenvalue weighted by Gasteiger charge is -2.22. The molecule has 1 aromatic heterocycles. The first-order valence-electron chi connectivity index (χ1n) is 10.4. The molecule has 0 aliphatic carbocycles. The minimum absolute atomic E-state index is 0.121. The number of urea groups is 1. The molecule has 2 aromatic carbocycles. The van der Waals surface area contributed by atoms with Gasteiger partial charge in [-0.3, -0.25) is 0 Å². The maximum atomic E-state index is 13.8. The highest BCUT2D eigenvalue weighted by Crippen LogP contribution is 2.24. The van der Waals surface area contributed by atoms with Crippen LogP contribution >= 0.6 is 0 Å². The highest BCUT2D eigenvalue weighted by atomic mass is 32.2. The molecular formula is C22H24F2N4O3S. The minimum Gasteiger partial charge on any atom is -0.348 e. The highest BCUT2D eigenvalue weighted by molar-refractivity contribution is 7.89. The molecule has 2 heterocycles. The molecule has 0 radical (unpaired) electrons. The molecule has 170 valence electrons. The fourth-order valence-electron chi connectivity index (χ4n) is 3.89. The number of hydrogen-bond acceptors (Lipinski definition) is 3. The molecule has 0 unspecified atom stereocenters. The van der Waals surface area contributed by atoms with E-state index < -0.39 is 27.7 Å². The summed E-state index contributed by atoms with van der Waals surface area (Å²) in [5.41, 5.74) is 0.843. The summed E-state index contributed by atoms with van der Waals surface area (Å²) in [5, 5.41) is 3.28. The first-order chi connectivity index (χ1) is 15.3. The molecule has 3 aromatic rings. The number of carbonyl (C=O) groups is 1. The smallest absolute Gasteiger partial charge is 0.321 e. The molecule has 0 bridgehead atoms. The van der Waals surface area contributed by atoms with Crippen molar-refractivity contribution < 1.29 is 22.0 Å². The summed E-state index contributed by atoms with van der Waals surface area (Å²) in [6.45, 7) is 3.68. The van der Waals surface area contributed by atoms with E-state index in [4.69, 9.17) is 0 Å². The molecular weight excluding hydrogens is 438 g/mol. The fraction of sp³-hybridized carbons (Fsp3) is 0.318. The van der Waals surface area contributed by atoms with Crippen molar-refractivity contribution in [1.82, 2.24) is 13.8 Å². The lowest BCUT2D eigenvalue weighted by atomic mass is 10.2. The van der Waals surface area contributed by atoms with E-state index in [0.717, 1.165) is 29.6 Å². The van der Waals surface area contributed by atoms with Crippen LogP contribution in [-0.4, -0.2) is 54.4 Å². The van der Waals surface area contributed by atoms with Gasteiger partial charge >= 0.3 is 6.03 Å². The third kappa shape index (κ3) is 4.33. The summed E-state index contributed by atoms with van der Waals surface area (Å²) in [6, 6.07) is 9.32. The quantitative estimate of drug-likeness (QED) is 0.640. The van der Waals surface area contributed by atoms with Gasteiger partial charge in [0.25, 0.3) is 0 Å². The fourth-order valence-corrected chi connectivity index (χ4v) is 5.39. The number of amides is 2. The van der Waals surface area contributed by atoms with Gasteiger partial charge in [0.15, 0.2) is 0 Å². The van der Waals surface area contributed by atoms with Crippen molar-refractivity contribution in [2.24, 2.45) is 0 Å². The van der Waals surface area contributed by atoms with Crippen LogP contribution in [0, 0.1) is 11.6 Å². The summed E-state index contributed by atoms with van der Waals surface area (Å²) >= 11 is 0. The van der Waals surface area contributed by atoms with Crippen molar-refractivity contribution in [2.45, 2.75) is 24.8 Å². The lowest BCUT2D eigenvalue weighted by Crippen LogP contribution is -2.39. The molecule has 1 fully saturated rings. The monoisotopic (exact) mass is 462 g/mol. The number of carbonyl (C=O) groups excluding carboxylic acids is 1. The van der Waals surface area contributed by atoms with Crippen LogP contribution in [-0.2, 0) is 16.6 Å². The van der Waals surface area contributed by atoms with E-state index in [-0.39, 0.29) is 30.2 Å². The highest BCUT2D eigenvalue weighted by Gasteiger charge is 2.29. The Morgan fingerprint density at radius 1 is 1.03 bits per heavy atom. The number of benzene rings is 2. The van der Waals surface area contributed by atoms with Crippen LogP contribution in [0.1, 0.15) is 13.3 Å². The zero-order valence-electron chi connectivity index (χ0n) is 17.6. The lowest BCUT2D eigenvalue weighted by molar-refractivity contribution is 0.214. The van der Waals surface area contributed by atoms with Gasteiger partial charge in [-0.05, 0) is 49.7 Å². The number of halogens is 2. The summed E-state index contributed by atoms with van der Waals surface area (Å²) < 4.78 is 56.8. The van der Waals surface area contributed by atoms with Crippen LogP contribution in [0.2, 0.25) is 0 Å². The summed E-state index contributed by atoms with van der Waals surface area (Å²) in [4.78, 5) is 14.2. The number of fused-ring (bicyclic) bond motifs is 1. The van der Waals surface area contributed by atoms with E-state index in [2.05, 4.69) is 5.32 Å². The second-order valence-corrected chi connectivity index (χ2v) is 9.56. The molecule has 1 aliphatic rings. The Kier molecular flexibility index (Phi) is 6.16. The SMILES string of the molecule is CCn1ccc2cc(S(=O)(=O)N3CCCN(C(=O)Nc4ccc(F)cc4F)CC3)ccc21. The Labute approximate surface area is 185 Å².